The van der Waals surface area contributed by atoms with Crippen LogP contribution in [0, 0.1) is 0 Å². The summed E-state index contributed by atoms with van der Waals surface area (Å²) in [6.07, 6.45) is 2.13. The van der Waals surface area contributed by atoms with Crippen molar-refractivity contribution in [1.29, 1.82) is 0 Å². The molecule has 2 aromatic rings. The third kappa shape index (κ3) is 3.10. The van der Waals surface area contributed by atoms with Crippen molar-refractivity contribution in [2.75, 3.05) is 0 Å². The molecule has 0 saturated carbocycles. The van der Waals surface area contributed by atoms with Crippen LogP contribution in [0.3, 0.4) is 0 Å². The van der Waals surface area contributed by atoms with Gasteiger partial charge in [0.2, 0.25) is 0 Å². The molecular formula is C16H17N5O3. The molecule has 124 valence electrons. The molecule has 0 aliphatic carbocycles. The van der Waals surface area contributed by atoms with E-state index in [2.05, 4.69) is 26.1 Å². The van der Waals surface area contributed by atoms with Crippen LogP contribution in [-0.2, 0) is 0 Å². The molecule has 3 atom stereocenters. The zero-order chi connectivity index (χ0) is 17.1. The lowest BCUT2D eigenvalue weighted by molar-refractivity contribution is 0.0682. The molecule has 1 aromatic carbocycles. The zero-order valence-corrected chi connectivity index (χ0v) is 12.9. The number of rotatable bonds is 4. The minimum absolute atomic E-state index is 0.0138. The van der Waals surface area contributed by atoms with Crippen LogP contribution in [0.5, 0.6) is 0 Å². The fourth-order valence-corrected chi connectivity index (χ4v) is 2.84. The third-order valence-corrected chi connectivity index (χ3v) is 3.95. The van der Waals surface area contributed by atoms with Crippen LogP contribution in [0.2, 0.25) is 0 Å². The number of benzene rings is 1. The van der Waals surface area contributed by atoms with Gasteiger partial charge in [0.05, 0.1) is 0 Å². The Kier molecular flexibility index (Phi) is 4.50. The molecule has 3 unspecified atom stereocenters. The number of aromatic carboxylic acids is 1. The first-order valence-corrected chi connectivity index (χ1v) is 7.49. The molecule has 1 aliphatic rings. The van der Waals surface area contributed by atoms with Crippen LogP contribution in [0.25, 0.3) is 0 Å². The average molecular weight is 327 g/mol. The minimum Gasteiger partial charge on any atom is -0.476 e. The lowest BCUT2D eigenvalue weighted by atomic mass is 9.91. The smallest absolute Gasteiger partial charge is 0.356 e. The molecule has 1 amide bonds. The van der Waals surface area contributed by atoms with Gasteiger partial charge in [0.1, 0.15) is 6.17 Å². The van der Waals surface area contributed by atoms with Crippen LogP contribution >= 0.6 is 0 Å². The van der Waals surface area contributed by atoms with Crippen molar-refractivity contribution in [2.45, 2.75) is 25.0 Å². The lowest BCUT2D eigenvalue weighted by Gasteiger charge is -2.22. The van der Waals surface area contributed by atoms with Gasteiger partial charge < -0.3 is 10.4 Å². The number of nitrogens with one attached hydrogen (secondary N) is 3. The van der Waals surface area contributed by atoms with Gasteiger partial charge in [0, 0.05) is 24.4 Å². The number of carbonyl (C=O) groups excluding carboxylic acids is 1. The Morgan fingerprint density at radius 2 is 1.75 bits per heavy atom. The highest BCUT2D eigenvalue weighted by Gasteiger charge is 2.36. The Labute approximate surface area is 138 Å². The van der Waals surface area contributed by atoms with E-state index in [0.717, 1.165) is 5.56 Å². The molecule has 0 radical (unpaired) electrons. The zero-order valence-electron chi connectivity index (χ0n) is 12.9. The Morgan fingerprint density at radius 1 is 1.08 bits per heavy atom. The van der Waals surface area contributed by atoms with Crippen LogP contribution in [0.1, 0.15) is 39.4 Å². The molecule has 1 aliphatic heterocycles. The fourth-order valence-electron chi connectivity index (χ4n) is 2.84. The molecule has 1 fully saturated rings. The van der Waals surface area contributed by atoms with Crippen molar-refractivity contribution in [2.24, 2.45) is 0 Å². The van der Waals surface area contributed by atoms with E-state index >= 15 is 0 Å². The van der Waals surface area contributed by atoms with Gasteiger partial charge in [-0.2, -0.15) is 0 Å². The number of hydrazine groups is 1. The van der Waals surface area contributed by atoms with E-state index in [4.69, 9.17) is 5.11 Å². The predicted octanol–water partition coefficient (Wildman–Crippen LogP) is 0.511. The van der Waals surface area contributed by atoms with E-state index < -0.39 is 18.0 Å². The summed E-state index contributed by atoms with van der Waals surface area (Å²) in [5.74, 6) is -1.89. The minimum atomic E-state index is -1.29. The van der Waals surface area contributed by atoms with Gasteiger partial charge in [-0.25, -0.2) is 20.2 Å². The summed E-state index contributed by atoms with van der Waals surface area (Å²) in [5, 5.41) is 11.9. The molecular weight excluding hydrogens is 310 g/mol. The summed E-state index contributed by atoms with van der Waals surface area (Å²) in [7, 11) is 0. The van der Waals surface area contributed by atoms with E-state index in [0.29, 0.717) is 0 Å². The Hall–Kier alpha value is -2.84. The first-order valence-electron chi connectivity index (χ1n) is 7.49. The summed E-state index contributed by atoms with van der Waals surface area (Å²) < 4.78 is 0. The largest absolute Gasteiger partial charge is 0.476 e. The Balaban J connectivity index is 1.83. The second kappa shape index (κ2) is 6.73. The highest BCUT2D eigenvalue weighted by atomic mass is 16.4. The molecule has 8 heteroatoms. The quantitative estimate of drug-likeness (QED) is 0.646. The summed E-state index contributed by atoms with van der Waals surface area (Å²) >= 11 is 0. The van der Waals surface area contributed by atoms with Gasteiger partial charge >= 0.3 is 5.97 Å². The molecule has 24 heavy (non-hydrogen) atoms. The monoisotopic (exact) mass is 327 g/mol. The Bertz CT molecular complexity index is 752. The second-order valence-corrected chi connectivity index (χ2v) is 5.52. The van der Waals surface area contributed by atoms with Gasteiger partial charge in [-0.1, -0.05) is 30.3 Å². The number of carbonyl (C=O) groups is 2. The number of carboxylic acids is 1. The van der Waals surface area contributed by atoms with Crippen LogP contribution in [-0.4, -0.2) is 39.2 Å². The van der Waals surface area contributed by atoms with Crippen molar-refractivity contribution in [3.8, 4) is 0 Å². The summed E-state index contributed by atoms with van der Waals surface area (Å²) in [5.41, 5.74) is 6.60. The number of nitrogens with zero attached hydrogens (tertiary/aromatic N) is 2. The lowest BCUT2D eigenvalue weighted by Crippen LogP contribution is -2.47. The Morgan fingerprint density at radius 3 is 2.42 bits per heavy atom. The highest BCUT2D eigenvalue weighted by Crippen LogP contribution is 2.25. The van der Waals surface area contributed by atoms with E-state index in [1.807, 2.05) is 37.3 Å². The van der Waals surface area contributed by atoms with Crippen LogP contribution in [0.15, 0.2) is 42.7 Å². The molecule has 8 nitrogen and oxygen atoms in total. The van der Waals surface area contributed by atoms with E-state index in [1.54, 1.807) is 0 Å². The summed E-state index contributed by atoms with van der Waals surface area (Å²) in [6.45, 7) is 2.00. The number of carboxylic acid groups (broad SMARTS) is 1. The van der Waals surface area contributed by atoms with Crippen molar-refractivity contribution in [3.63, 3.8) is 0 Å². The first-order chi connectivity index (χ1) is 11.6. The van der Waals surface area contributed by atoms with Gasteiger partial charge in [0.25, 0.3) is 5.91 Å². The van der Waals surface area contributed by atoms with Crippen molar-refractivity contribution < 1.29 is 14.7 Å². The molecule has 1 aromatic heterocycles. The van der Waals surface area contributed by atoms with E-state index in [-0.39, 0.29) is 23.3 Å². The summed E-state index contributed by atoms with van der Waals surface area (Å²) in [6, 6.07) is 9.85. The van der Waals surface area contributed by atoms with E-state index in [1.165, 1.54) is 12.4 Å². The molecule has 2 heterocycles. The number of aromatic nitrogens is 2. The number of hydrogen-bond donors (Lipinski definition) is 4. The maximum Gasteiger partial charge on any atom is 0.356 e. The third-order valence-electron chi connectivity index (χ3n) is 3.95. The highest BCUT2D eigenvalue weighted by molar-refractivity contribution is 6.02. The van der Waals surface area contributed by atoms with Crippen molar-refractivity contribution >= 4 is 11.9 Å². The van der Waals surface area contributed by atoms with Crippen molar-refractivity contribution in [1.82, 2.24) is 26.1 Å². The normalized spacial score (nSPS) is 23.0. The average Bonchev–Trinajstić information content (AvgIpc) is 2.96. The number of hydrogen-bond acceptors (Lipinski definition) is 6. The van der Waals surface area contributed by atoms with Gasteiger partial charge in [-0.15, -0.1) is 0 Å². The van der Waals surface area contributed by atoms with Gasteiger partial charge in [-0.05, 0) is 12.5 Å². The fraction of sp³-hybridized carbons (Fsp3) is 0.250. The van der Waals surface area contributed by atoms with Crippen LogP contribution < -0.4 is 16.2 Å². The maximum absolute atomic E-state index is 12.5. The summed E-state index contributed by atoms with van der Waals surface area (Å²) in [4.78, 5) is 31.2. The number of amides is 1. The maximum atomic E-state index is 12.5. The molecule has 4 N–H and O–H groups in total. The SMILES string of the molecule is CC1NNC(NC(=O)c2nccnc2C(=O)O)C1c1ccccc1. The van der Waals surface area contributed by atoms with E-state index in [9.17, 15) is 9.59 Å². The second-order valence-electron chi connectivity index (χ2n) is 5.52. The molecule has 0 bridgehead atoms. The van der Waals surface area contributed by atoms with Gasteiger partial charge in [-0.3, -0.25) is 10.2 Å². The molecule has 0 spiro atoms. The molecule has 3 rings (SSSR count). The van der Waals surface area contributed by atoms with Gasteiger partial charge in [0.15, 0.2) is 11.4 Å². The first kappa shape index (κ1) is 16.0. The van der Waals surface area contributed by atoms with Crippen molar-refractivity contribution in [3.05, 3.63) is 59.7 Å². The standard InChI is InChI=1S/C16H17N5O3/c1-9-11(10-5-3-2-4-6-10)14(21-20-9)19-15(22)12-13(16(23)24)18-8-7-17-12/h2-9,11,14,20-21H,1H3,(H,19,22)(H,23,24). The topological polar surface area (TPSA) is 116 Å². The molecule has 1 saturated heterocycles. The van der Waals surface area contributed by atoms with Crippen LogP contribution in [0.4, 0.5) is 0 Å². The predicted molar refractivity (Wildman–Crippen MR) is 85.2 cm³/mol.